The maximum Gasteiger partial charge on any atom is 0.261 e. The van der Waals surface area contributed by atoms with Crippen LogP contribution in [0.15, 0.2) is 66.3 Å². The summed E-state index contributed by atoms with van der Waals surface area (Å²) in [5.74, 6) is -0.917. The highest BCUT2D eigenvalue weighted by Gasteiger charge is 2.17. The molecule has 3 rings (SSSR count). The van der Waals surface area contributed by atoms with Gasteiger partial charge in [0.1, 0.15) is 6.04 Å². The molecule has 0 aliphatic carbocycles. The standard InChI is InChI=1S/C20H18N4O3S/c1-13(22-20(27)17-5-3-11-28-17)18(25)23-15-8-6-14(7-9-15)19(26)24-16-4-2-10-21-12-16/h2-13H,1H3,(H,22,27)(H,23,25)(H,24,26)/t13-/m1/s1. The number of anilines is 2. The number of carbonyl (C=O) groups excluding carboxylic acids is 3. The van der Waals surface area contributed by atoms with Crippen molar-refractivity contribution >= 4 is 40.4 Å². The number of pyridine rings is 1. The summed E-state index contributed by atoms with van der Waals surface area (Å²) in [5.41, 5.74) is 1.57. The third-order valence-electron chi connectivity index (χ3n) is 3.82. The molecule has 1 aromatic carbocycles. The van der Waals surface area contributed by atoms with Crippen molar-refractivity contribution in [2.45, 2.75) is 13.0 Å². The minimum absolute atomic E-state index is 0.276. The lowest BCUT2D eigenvalue weighted by molar-refractivity contribution is -0.117. The molecular formula is C20H18N4O3S. The maximum atomic E-state index is 12.3. The fourth-order valence-electron chi connectivity index (χ4n) is 2.34. The van der Waals surface area contributed by atoms with E-state index in [1.54, 1.807) is 73.2 Å². The summed E-state index contributed by atoms with van der Waals surface area (Å²) in [6.07, 6.45) is 3.18. The first-order valence-electron chi connectivity index (χ1n) is 8.49. The molecule has 142 valence electrons. The third kappa shape index (κ3) is 5.01. The zero-order valence-electron chi connectivity index (χ0n) is 15.0. The van der Waals surface area contributed by atoms with E-state index in [1.807, 2.05) is 0 Å². The van der Waals surface area contributed by atoms with Crippen molar-refractivity contribution in [3.63, 3.8) is 0 Å². The molecule has 0 aliphatic heterocycles. The number of hydrogen-bond donors (Lipinski definition) is 3. The first kappa shape index (κ1) is 19.2. The lowest BCUT2D eigenvalue weighted by atomic mass is 10.2. The van der Waals surface area contributed by atoms with Gasteiger partial charge in [0.05, 0.1) is 16.8 Å². The number of rotatable bonds is 6. The lowest BCUT2D eigenvalue weighted by Crippen LogP contribution is -2.41. The fraction of sp³-hybridized carbons (Fsp3) is 0.100. The zero-order valence-corrected chi connectivity index (χ0v) is 15.8. The van der Waals surface area contributed by atoms with E-state index in [0.717, 1.165) is 0 Å². The first-order valence-corrected chi connectivity index (χ1v) is 9.37. The Hall–Kier alpha value is -3.52. The molecule has 0 spiro atoms. The molecule has 3 N–H and O–H groups in total. The number of benzene rings is 1. The van der Waals surface area contributed by atoms with E-state index < -0.39 is 6.04 Å². The monoisotopic (exact) mass is 394 g/mol. The largest absolute Gasteiger partial charge is 0.340 e. The van der Waals surface area contributed by atoms with Gasteiger partial charge in [-0.15, -0.1) is 11.3 Å². The summed E-state index contributed by atoms with van der Waals surface area (Å²) in [5, 5.41) is 9.90. The van der Waals surface area contributed by atoms with E-state index in [-0.39, 0.29) is 17.7 Å². The van der Waals surface area contributed by atoms with E-state index in [2.05, 4.69) is 20.9 Å². The van der Waals surface area contributed by atoms with Crippen molar-refractivity contribution < 1.29 is 14.4 Å². The van der Waals surface area contributed by atoms with Crippen molar-refractivity contribution in [1.82, 2.24) is 10.3 Å². The van der Waals surface area contributed by atoms with E-state index in [0.29, 0.717) is 21.8 Å². The van der Waals surface area contributed by atoms with Gasteiger partial charge >= 0.3 is 0 Å². The first-order chi connectivity index (χ1) is 13.5. The van der Waals surface area contributed by atoms with Crippen LogP contribution in [0, 0.1) is 0 Å². The van der Waals surface area contributed by atoms with Crippen molar-refractivity contribution in [1.29, 1.82) is 0 Å². The van der Waals surface area contributed by atoms with Gasteiger partial charge in [0.15, 0.2) is 0 Å². The Morgan fingerprint density at radius 2 is 1.71 bits per heavy atom. The Morgan fingerprint density at radius 3 is 2.36 bits per heavy atom. The quantitative estimate of drug-likeness (QED) is 0.598. The molecule has 0 unspecified atom stereocenters. The van der Waals surface area contributed by atoms with E-state index in [1.165, 1.54) is 11.3 Å². The predicted octanol–water partition coefficient (Wildman–Crippen LogP) is 3.15. The van der Waals surface area contributed by atoms with Crippen molar-refractivity contribution in [2.24, 2.45) is 0 Å². The van der Waals surface area contributed by atoms with Crippen LogP contribution in [0.5, 0.6) is 0 Å². The second-order valence-electron chi connectivity index (χ2n) is 5.93. The third-order valence-corrected chi connectivity index (χ3v) is 4.69. The highest BCUT2D eigenvalue weighted by atomic mass is 32.1. The number of aromatic nitrogens is 1. The van der Waals surface area contributed by atoms with Crippen molar-refractivity contribution in [3.05, 3.63) is 76.7 Å². The smallest absolute Gasteiger partial charge is 0.261 e. The second-order valence-corrected chi connectivity index (χ2v) is 6.88. The molecule has 0 bridgehead atoms. The molecule has 2 aromatic heterocycles. The van der Waals surface area contributed by atoms with Crippen molar-refractivity contribution in [3.8, 4) is 0 Å². The van der Waals surface area contributed by atoms with Crippen LogP contribution in [0.4, 0.5) is 11.4 Å². The summed E-state index contributed by atoms with van der Waals surface area (Å²) in [6, 6.07) is 12.7. The second kappa shape index (κ2) is 8.92. The Bertz CT molecular complexity index is 957. The Labute approximate surface area is 165 Å². The summed E-state index contributed by atoms with van der Waals surface area (Å²) >= 11 is 1.31. The van der Waals surface area contributed by atoms with Crippen LogP contribution in [0.2, 0.25) is 0 Å². The average Bonchev–Trinajstić information content (AvgIpc) is 3.24. The number of carbonyl (C=O) groups is 3. The number of nitrogens with zero attached hydrogens (tertiary/aromatic N) is 1. The Morgan fingerprint density at radius 1 is 0.929 bits per heavy atom. The summed E-state index contributed by atoms with van der Waals surface area (Å²) in [6.45, 7) is 1.61. The van der Waals surface area contributed by atoms with Gasteiger partial charge in [0, 0.05) is 17.4 Å². The maximum absolute atomic E-state index is 12.3. The SMILES string of the molecule is C[C@@H](NC(=O)c1cccs1)C(=O)Nc1ccc(C(=O)Nc2cccnc2)cc1. The minimum Gasteiger partial charge on any atom is -0.340 e. The van der Waals surface area contributed by atoms with Crippen molar-refractivity contribution in [2.75, 3.05) is 10.6 Å². The van der Waals surface area contributed by atoms with Crippen LogP contribution in [0.3, 0.4) is 0 Å². The molecule has 0 fully saturated rings. The molecule has 8 heteroatoms. The molecule has 7 nitrogen and oxygen atoms in total. The van der Waals surface area contributed by atoms with Gasteiger partial charge in [-0.25, -0.2) is 0 Å². The van der Waals surface area contributed by atoms with Crippen LogP contribution in [-0.4, -0.2) is 28.7 Å². The van der Waals surface area contributed by atoms with Crippen LogP contribution >= 0.6 is 11.3 Å². The minimum atomic E-state index is -0.705. The molecule has 0 radical (unpaired) electrons. The fourth-order valence-corrected chi connectivity index (χ4v) is 2.96. The number of amides is 3. The van der Waals surface area contributed by atoms with Gasteiger partial charge in [-0.2, -0.15) is 0 Å². The molecule has 3 amide bonds. The van der Waals surface area contributed by atoms with Gasteiger partial charge in [-0.3, -0.25) is 19.4 Å². The Kier molecular flexibility index (Phi) is 6.13. The van der Waals surface area contributed by atoms with Crippen LogP contribution in [0.1, 0.15) is 27.0 Å². The van der Waals surface area contributed by atoms with Gasteiger partial charge in [0.25, 0.3) is 11.8 Å². The Balaban J connectivity index is 1.55. The molecule has 1 atom stereocenters. The van der Waals surface area contributed by atoms with E-state index in [9.17, 15) is 14.4 Å². The summed E-state index contributed by atoms with van der Waals surface area (Å²) < 4.78 is 0. The molecule has 3 aromatic rings. The molecule has 0 aliphatic rings. The predicted molar refractivity (Wildman–Crippen MR) is 109 cm³/mol. The molecule has 2 heterocycles. The van der Waals surface area contributed by atoms with Crippen LogP contribution in [-0.2, 0) is 4.79 Å². The van der Waals surface area contributed by atoms with Gasteiger partial charge < -0.3 is 16.0 Å². The molecule has 0 saturated carbocycles. The van der Waals surface area contributed by atoms with Gasteiger partial charge in [-0.1, -0.05) is 6.07 Å². The summed E-state index contributed by atoms with van der Waals surface area (Å²) in [4.78, 5) is 41.0. The average molecular weight is 394 g/mol. The molecule has 0 saturated heterocycles. The number of hydrogen-bond acceptors (Lipinski definition) is 5. The van der Waals surface area contributed by atoms with Gasteiger partial charge in [0.2, 0.25) is 5.91 Å². The summed E-state index contributed by atoms with van der Waals surface area (Å²) in [7, 11) is 0. The molecular weight excluding hydrogens is 376 g/mol. The van der Waals surface area contributed by atoms with Crippen LogP contribution in [0.25, 0.3) is 0 Å². The zero-order chi connectivity index (χ0) is 19.9. The topological polar surface area (TPSA) is 100 Å². The highest BCUT2D eigenvalue weighted by Crippen LogP contribution is 2.13. The van der Waals surface area contributed by atoms with Gasteiger partial charge in [-0.05, 0) is 54.8 Å². The highest BCUT2D eigenvalue weighted by molar-refractivity contribution is 7.12. The van der Waals surface area contributed by atoms with Crippen LogP contribution < -0.4 is 16.0 Å². The number of thiophene rings is 1. The van der Waals surface area contributed by atoms with E-state index in [4.69, 9.17) is 0 Å². The molecule has 28 heavy (non-hydrogen) atoms. The lowest BCUT2D eigenvalue weighted by Gasteiger charge is -2.14. The number of nitrogens with one attached hydrogen (secondary N) is 3. The van der Waals surface area contributed by atoms with E-state index >= 15 is 0 Å². The normalized spacial score (nSPS) is 11.3.